The second-order valence-electron chi connectivity index (χ2n) is 10.7. The van der Waals surface area contributed by atoms with E-state index in [1.807, 2.05) is 13.8 Å². The molecule has 0 fully saturated rings. The van der Waals surface area contributed by atoms with E-state index < -0.39 is 41.8 Å². The summed E-state index contributed by atoms with van der Waals surface area (Å²) in [5.41, 5.74) is -0.411. The summed E-state index contributed by atoms with van der Waals surface area (Å²) in [5, 5.41) is 41.5. The molecule has 1 aliphatic heterocycles. The van der Waals surface area contributed by atoms with E-state index in [1.54, 1.807) is 45.9 Å². The molecule has 7 nitrogen and oxygen atoms in total. The number of rotatable bonds is 3. The second kappa shape index (κ2) is 14.6. The maximum absolute atomic E-state index is 12.7. The van der Waals surface area contributed by atoms with E-state index in [9.17, 15) is 30.0 Å². The molecule has 0 aromatic rings. The smallest absolute Gasteiger partial charge is 0.330 e. The van der Waals surface area contributed by atoms with Crippen molar-refractivity contribution in [2.75, 3.05) is 0 Å². The van der Waals surface area contributed by atoms with Gasteiger partial charge in [-0.1, -0.05) is 50.1 Å². The molecule has 0 saturated heterocycles. The molecule has 36 heavy (non-hydrogen) atoms. The summed E-state index contributed by atoms with van der Waals surface area (Å²) < 4.78 is 5.79. The first-order valence-electron chi connectivity index (χ1n) is 12.8. The Balaban J connectivity index is 3.30. The molecule has 0 aromatic heterocycles. The number of aliphatic hydroxyl groups is 4. The SMILES string of the molecule is C/C1=C/C(=O)C(C)(O)/C=C/CC(C)C(CC(C)C(C)O)OC(=O)/C=C(/C)C(C)C(O)/C=C/CC(O)C1. The van der Waals surface area contributed by atoms with Crippen LogP contribution < -0.4 is 0 Å². The van der Waals surface area contributed by atoms with Gasteiger partial charge in [0.25, 0.3) is 0 Å². The van der Waals surface area contributed by atoms with Gasteiger partial charge in [0.15, 0.2) is 5.78 Å². The molecule has 0 aliphatic carbocycles. The number of ether oxygens (including phenoxy) is 1. The number of allylic oxidation sites excluding steroid dienone is 1. The van der Waals surface area contributed by atoms with E-state index in [2.05, 4.69) is 0 Å². The Morgan fingerprint density at radius 3 is 2.33 bits per heavy atom. The van der Waals surface area contributed by atoms with Crippen LogP contribution >= 0.6 is 0 Å². The maximum Gasteiger partial charge on any atom is 0.330 e. The van der Waals surface area contributed by atoms with Crippen LogP contribution in [0.5, 0.6) is 0 Å². The predicted octanol–water partition coefficient (Wildman–Crippen LogP) is 3.81. The first kappa shape index (κ1) is 32.0. The van der Waals surface area contributed by atoms with E-state index in [0.29, 0.717) is 24.0 Å². The van der Waals surface area contributed by atoms with Gasteiger partial charge >= 0.3 is 5.97 Å². The zero-order chi connectivity index (χ0) is 27.6. The van der Waals surface area contributed by atoms with E-state index in [4.69, 9.17) is 4.74 Å². The summed E-state index contributed by atoms with van der Waals surface area (Å²) in [4.78, 5) is 25.4. The summed E-state index contributed by atoms with van der Waals surface area (Å²) in [5.74, 6) is -1.61. The number of cyclic esters (lactones) is 1. The Labute approximate surface area is 216 Å². The molecule has 8 unspecified atom stereocenters. The molecule has 7 heteroatoms. The van der Waals surface area contributed by atoms with Crippen molar-refractivity contribution in [2.45, 2.75) is 104 Å². The van der Waals surface area contributed by atoms with E-state index in [-0.39, 0.29) is 30.6 Å². The zero-order valence-corrected chi connectivity index (χ0v) is 22.8. The van der Waals surface area contributed by atoms with E-state index in [1.165, 1.54) is 25.2 Å². The van der Waals surface area contributed by atoms with Crippen molar-refractivity contribution in [3.05, 3.63) is 47.6 Å². The average molecular weight is 507 g/mol. The normalized spacial score (nSPS) is 38.5. The first-order valence-corrected chi connectivity index (χ1v) is 12.8. The number of carbonyl (C=O) groups is 2. The van der Waals surface area contributed by atoms with Crippen LogP contribution in [-0.4, -0.2) is 62.2 Å². The van der Waals surface area contributed by atoms with Gasteiger partial charge in [-0.25, -0.2) is 4.79 Å². The quantitative estimate of drug-likeness (QED) is 0.339. The Morgan fingerprint density at radius 2 is 1.72 bits per heavy atom. The predicted molar refractivity (Wildman–Crippen MR) is 141 cm³/mol. The molecular formula is C29H46O7. The zero-order valence-electron chi connectivity index (χ0n) is 22.8. The largest absolute Gasteiger partial charge is 0.459 e. The molecule has 0 aromatic carbocycles. The summed E-state index contributed by atoms with van der Waals surface area (Å²) in [6.45, 7) is 12.2. The van der Waals surface area contributed by atoms with Crippen LogP contribution in [0.4, 0.5) is 0 Å². The van der Waals surface area contributed by atoms with Gasteiger partial charge in [-0.2, -0.15) is 0 Å². The lowest BCUT2D eigenvalue weighted by Crippen LogP contribution is -2.32. The minimum Gasteiger partial charge on any atom is -0.459 e. The van der Waals surface area contributed by atoms with Gasteiger partial charge in [0.05, 0.1) is 18.3 Å². The third kappa shape index (κ3) is 10.9. The van der Waals surface area contributed by atoms with Crippen LogP contribution in [0.2, 0.25) is 0 Å². The Morgan fingerprint density at radius 1 is 1.08 bits per heavy atom. The molecule has 0 bridgehead atoms. The number of aliphatic hydroxyl groups excluding tert-OH is 3. The average Bonchev–Trinajstić information content (AvgIpc) is 2.76. The van der Waals surface area contributed by atoms with Crippen molar-refractivity contribution in [2.24, 2.45) is 17.8 Å². The fraction of sp³-hybridized carbons (Fsp3) is 0.655. The van der Waals surface area contributed by atoms with Crippen LogP contribution in [0, 0.1) is 17.8 Å². The minimum atomic E-state index is -1.72. The van der Waals surface area contributed by atoms with Gasteiger partial charge in [-0.3, -0.25) is 4.79 Å². The van der Waals surface area contributed by atoms with Crippen LogP contribution in [0.25, 0.3) is 0 Å². The number of ketones is 1. The summed E-state index contributed by atoms with van der Waals surface area (Å²) in [6.07, 6.45) is 7.92. The molecule has 1 heterocycles. The van der Waals surface area contributed by atoms with E-state index >= 15 is 0 Å². The summed E-state index contributed by atoms with van der Waals surface area (Å²) >= 11 is 0. The van der Waals surface area contributed by atoms with Gasteiger partial charge in [-0.05, 0) is 77.4 Å². The van der Waals surface area contributed by atoms with Crippen LogP contribution in [-0.2, 0) is 14.3 Å². The molecule has 1 rings (SSSR count). The topological polar surface area (TPSA) is 124 Å². The molecule has 204 valence electrons. The van der Waals surface area contributed by atoms with Gasteiger partial charge in [0, 0.05) is 12.0 Å². The van der Waals surface area contributed by atoms with Crippen LogP contribution in [0.3, 0.4) is 0 Å². The third-order valence-corrected chi connectivity index (χ3v) is 7.03. The van der Waals surface area contributed by atoms with Crippen molar-refractivity contribution in [1.29, 1.82) is 0 Å². The molecule has 0 radical (unpaired) electrons. The molecular weight excluding hydrogens is 460 g/mol. The summed E-state index contributed by atoms with van der Waals surface area (Å²) in [7, 11) is 0. The maximum atomic E-state index is 12.7. The fourth-order valence-electron chi connectivity index (χ4n) is 3.90. The molecule has 0 spiro atoms. The van der Waals surface area contributed by atoms with Crippen LogP contribution in [0.1, 0.15) is 74.1 Å². The molecule has 4 N–H and O–H groups in total. The van der Waals surface area contributed by atoms with Crippen molar-refractivity contribution >= 4 is 11.8 Å². The number of hydrogen-bond acceptors (Lipinski definition) is 7. The Kier molecular flexibility index (Phi) is 13.0. The van der Waals surface area contributed by atoms with Gasteiger partial charge < -0.3 is 25.2 Å². The number of esters is 1. The minimum absolute atomic E-state index is 0.108. The third-order valence-electron chi connectivity index (χ3n) is 7.03. The summed E-state index contributed by atoms with van der Waals surface area (Å²) in [6, 6.07) is 0. The fourth-order valence-corrected chi connectivity index (χ4v) is 3.90. The van der Waals surface area contributed by atoms with Crippen molar-refractivity contribution in [3.63, 3.8) is 0 Å². The van der Waals surface area contributed by atoms with Crippen molar-refractivity contribution in [1.82, 2.24) is 0 Å². The lowest BCUT2D eigenvalue weighted by Gasteiger charge is -2.27. The highest BCUT2D eigenvalue weighted by molar-refractivity contribution is 5.98. The van der Waals surface area contributed by atoms with E-state index in [0.717, 1.165) is 0 Å². The first-order chi connectivity index (χ1) is 16.6. The van der Waals surface area contributed by atoms with Gasteiger partial charge in [0.2, 0.25) is 0 Å². The number of carbonyl (C=O) groups excluding carboxylic acids is 2. The monoisotopic (exact) mass is 506 g/mol. The van der Waals surface area contributed by atoms with Crippen molar-refractivity contribution in [3.8, 4) is 0 Å². The Bertz CT molecular complexity index is 850. The highest BCUT2D eigenvalue weighted by atomic mass is 16.5. The lowest BCUT2D eigenvalue weighted by molar-refractivity contribution is -0.147. The molecule has 0 saturated carbocycles. The molecule has 0 amide bonds. The molecule has 8 atom stereocenters. The van der Waals surface area contributed by atoms with Gasteiger partial charge in [-0.15, -0.1) is 0 Å². The lowest BCUT2D eigenvalue weighted by atomic mass is 9.89. The van der Waals surface area contributed by atoms with Crippen LogP contribution in [0.15, 0.2) is 47.6 Å². The number of hydrogen-bond donors (Lipinski definition) is 4. The highest BCUT2D eigenvalue weighted by Gasteiger charge is 2.28. The Hall–Kier alpha value is -2.06. The highest BCUT2D eigenvalue weighted by Crippen LogP contribution is 2.24. The standard InChI is InChI=1S/C29H46O7/c1-18-14-24(31)11-8-12-25(32)22(5)20(3)17-28(34)36-26(16-21(4)23(6)30)19(2)10-9-13-29(7,35)27(33)15-18/h8-9,12-13,15,17,19,21-26,30-32,35H,10-11,14,16H2,1-7H3/b12-8+,13-9+,18-15-,20-17-. The molecule has 1 aliphatic rings. The second-order valence-corrected chi connectivity index (χ2v) is 10.7. The van der Waals surface area contributed by atoms with Crippen molar-refractivity contribution < 1.29 is 34.8 Å². The van der Waals surface area contributed by atoms with Gasteiger partial charge in [0.1, 0.15) is 11.7 Å².